The number of hydrogen-bond donors (Lipinski definition) is 0. The van der Waals surface area contributed by atoms with Gasteiger partial charge in [-0.1, -0.05) is 25.5 Å². The fraction of sp³-hybridized carbons (Fsp3) is 0.714. The number of aliphatic imine (C=N–C) groups is 1. The maximum Gasteiger partial charge on any atom is 0.354 e. The van der Waals surface area contributed by atoms with E-state index in [1.165, 1.54) is 5.57 Å². The van der Waals surface area contributed by atoms with Crippen molar-refractivity contribution in [2.24, 2.45) is 22.2 Å². The summed E-state index contributed by atoms with van der Waals surface area (Å²) in [5, 5.41) is 0. The lowest BCUT2D eigenvalue weighted by atomic mass is 10.1. The summed E-state index contributed by atoms with van der Waals surface area (Å²) in [6.45, 7) is 11.0. The second-order valence-corrected chi connectivity index (χ2v) is 5.80. The Morgan fingerprint density at radius 2 is 2.12 bits per heavy atom. The Morgan fingerprint density at radius 1 is 1.47 bits per heavy atom. The van der Waals surface area contributed by atoms with Crippen LogP contribution in [-0.2, 0) is 9.53 Å². The minimum absolute atomic E-state index is 0.115. The summed E-state index contributed by atoms with van der Waals surface area (Å²) >= 11 is 0. The normalized spacial score (nSPS) is 32.5. The third-order valence-corrected chi connectivity index (χ3v) is 3.82. The van der Waals surface area contributed by atoms with E-state index in [1.807, 2.05) is 6.92 Å². The molecular weight excluding hydrogens is 214 g/mol. The number of allylic oxidation sites excluding steroid dienone is 2. The van der Waals surface area contributed by atoms with Crippen molar-refractivity contribution in [3.05, 3.63) is 11.6 Å². The van der Waals surface area contributed by atoms with Crippen molar-refractivity contribution in [3.8, 4) is 0 Å². The molecule has 1 unspecified atom stereocenters. The molecule has 1 aliphatic heterocycles. The summed E-state index contributed by atoms with van der Waals surface area (Å²) in [6.07, 6.45) is 2.31. The van der Waals surface area contributed by atoms with Gasteiger partial charge in [0.25, 0.3) is 0 Å². The molecule has 17 heavy (non-hydrogen) atoms. The maximum absolute atomic E-state index is 11.5. The maximum atomic E-state index is 11.5. The van der Waals surface area contributed by atoms with Crippen molar-refractivity contribution in [1.29, 1.82) is 0 Å². The van der Waals surface area contributed by atoms with Crippen molar-refractivity contribution in [1.82, 2.24) is 0 Å². The first-order valence-corrected chi connectivity index (χ1v) is 6.29. The zero-order valence-corrected chi connectivity index (χ0v) is 11.3. The number of carbonyl (C=O) groups is 1. The van der Waals surface area contributed by atoms with E-state index in [1.54, 1.807) is 0 Å². The monoisotopic (exact) mass is 235 g/mol. The molecule has 1 saturated carbocycles. The van der Waals surface area contributed by atoms with E-state index in [9.17, 15) is 4.79 Å². The van der Waals surface area contributed by atoms with Crippen LogP contribution in [0.25, 0.3) is 0 Å². The summed E-state index contributed by atoms with van der Waals surface area (Å²) < 4.78 is 4.97. The molecule has 0 bridgehead atoms. The predicted octanol–water partition coefficient (Wildman–Crippen LogP) is 2.61. The van der Waals surface area contributed by atoms with Gasteiger partial charge in [-0.2, -0.15) is 0 Å². The van der Waals surface area contributed by atoms with Crippen LogP contribution in [0, 0.1) is 17.3 Å². The zero-order valence-electron chi connectivity index (χ0n) is 11.3. The van der Waals surface area contributed by atoms with Gasteiger partial charge in [-0.3, -0.25) is 4.99 Å². The minimum atomic E-state index is -0.226. The predicted molar refractivity (Wildman–Crippen MR) is 68.0 cm³/mol. The van der Waals surface area contributed by atoms with Crippen LogP contribution in [0.4, 0.5) is 0 Å². The highest BCUT2D eigenvalue weighted by Gasteiger charge is 2.64. The Kier molecular flexibility index (Phi) is 2.88. The van der Waals surface area contributed by atoms with Gasteiger partial charge >= 0.3 is 5.97 Å². The van der Waals surface area contributed by atoms with E-state index in [0.29, 0.717) is 24.2 Å². The number of nitrogens with zero attached hydrogens (tertiary/aromatic N) is 1. The number of ether oxygens (including phenoxy) is 1. The molecule has 0 aromatic carbocycles. The lowest BCUT2D eigenvalue weighted by Gasteiger charge is -2.00. The zero-order chi connectivity index (χ0) is 12.8. The Hall–Kier alpha value is -1.12. The standard InChI is InChI=1S/C14H21NO2/c1-6-17-13(16)12-11(15-12)10-9(7-8(2)3)14(10,4)5/h7,9-11H,6H2,1-5H3/t9-,10-,11?/m1/s1. The highest BCUT2D eigenvalue weighted by atomic mass is 16.5. The van der Waals surface area contributed by atoms with E-state index < -0.39 is 0 Å². The van der Waals surface area contributed by atoms with E-state index in [-0.39, 0.29) is 17.4 Å². The summed E-state index contributed by atoms with van der Waals surface area (Å²) in [6, 6.07) is 0.115. The molecule has 0 radical (unpaired) electrons. The lowest BCUT2D eigenvalue weighted by molar-refractivity contribution is -0.134. The Morgan fingerprint density at radius 3 is 2.65 bits per heavy atom. The summed E-state index contributed by atoms with van der Waals surface area (Å²) in [5.74, 6) is 0.807. The highest BCUT2D eigenvalue weighted by Crippen LogP contribution is 2.63. The van der Waals surface area contributed by atoms with E-state index >= 15 is 0 Å². The molecule has 0 aromatic heterocycles. The summed E-state index contributed by atoms with van der Waals surface area (Å²) in [5.41, 5.74) is 2.25. The average molecular weight is 235 g/mol. The SMILES string of the molecule is CCOC(=O)C1=NC1[C@H]1[C@@H](C=C(C)C)C1(C)C. The molecule has 0 amide bonds. The first-order valence-electron chi connectivity index (χ1n) is 6.29. The second-order valence-electron chi connectivity index (χ2n) is 5.80. The Balaban J connectivity index is 1.96. The van der Waals surface area contributed by atoms with Crippen LogP contribution in [0.1, 0.15) is 34.6 Å². The molecular formula is C14H21NO2. The lowest BCUT2D eigenvalue weighted by Crippen LogP contribution is -2.17. The summed E-state index contributed by atoms with van der Waals surface area (Å²) in [4.78, 5) is 15.8. The molecule has 1 fully saturated rings. The van der Waals surface area contributed by atoms with Crippen LogP contribution >= 0.6 is 0 Å². The van der Waals surface area contributed by atoms with Gasteiger partial charge in [0.2, 0.25) is 0 Å². The molecule has 3 atom stereocenters. The molecule has 0 N–H and O–H groups in total. The van der Waals surface area contributed by atoms with Crippen molar-refractivity contribution >= 4 is 11.7 Å². The molecule has 3 nitrogen and oxygen atoms in total. The van der Waals surface area contributed by atoms with Crippen LogP contribution in [0.2, 0.25) is 0 Å². The molecule has 3 heteroatoms. The molecule has 0 spiro atoms. The molecule has 1 aliphatic carbocycles. The van der Waals surface area contributed by atoms with Gasteiger partial charge < -0.3 is 4.74 Å². The fourth-order valence-corrected chi connectivity index (χ4v) is 2.74. The van der Waals surface area contributed by atoms with Crippen LogP contribution in [0.3, 0.4) is 0 Å². The van der Waals surface area contributed by atoms with Gasteiger partial charge in [0.15, 0.2) is 0 Å². The minimum Gasteiger partial charge on any atom is -0.461 e. The van der Waals surface area contributed by atoms with Crippen molar-refractivity contribution in [2.75, 3.05) is 6.61 Å². The van der Waals surface area contributed by atoms with Gasteiger partial charge in [0.1, 0.15) is 11.8 Å². The van der Waals surface area contributed by atoms with Crippen LogP contribution in [0.15, 0.2) is 16.6 Å². The van der Waals surface area contributed by atoms with Crippen molar-refractivity contribution in [3.63, 3.8) is 0 Å². The van der Waals surface area contributed by atoms with E-state index in [4.69, 9.17) is 4.74 Å². The largest absolute Gasteiger partial charge is 0.461 e. The molecule has 1 heterocycles. The number of carbonyl (C=O) groups excluding carboxylic acids is 1. The van der Waals surface area contributed by atoms with Crippen molar-refractivity contribution < 1.29 is 9.53 Å². The first kappa shape index (κ1) is 12.3. The third-order valence-electron chi connectivity index (χ3n) is 3.82. The number of hydrogen-bond acceptors (Lipinski definition) is 3. The van der Waals surface area contributed by atoms with Gasteiger partial charge in [-0.15, -0.1) is 0 Å². The smallest absolute Gasteiger partial charge is 0.354 e. The average Bonchev–Trinajstić information content (AvgIpc) is 3.04. The molecule has 0 saturated heterocycles. The summed E-state index contributed by atoms with van der Waals surface area (Å²) in [7, 11) is 0. The topological polar surface area (TPSA) is 38.7 Å². The molecule has 2 rings (SSSR count). The van der Waals surface area contributed by atoms with E-state index in [2.05, 4.69) is 38.8 Å². The quantitative estimate of drug-likeness (QED) is 0.555. The fourth-order valence-electron chi connectivity index (χ4n) is 2.74. The number of rotatable bonds is 4. The van der Waals surface area contributed by atoms with Crippen LogP contribution in [-0.4, -0.2) is 24.3 Å². The van der Waals surface area contributed by atoms with Crippen LogP contribution < -0.4 is 0 Å². The number of esters is 1. The Bertz CT molecular complexity index is 402. The first-order chi connectivity index (χ1) is 7.89. The van der Waals surface area contributed by atoms with E-state index in [0.717, 1.165) is 0 Å². The molecule has 0 aromatic rings. The second kappa shape index (κ2) is 3.97. The van der Waals surface area contributed by atoms with Crippen LogP contribution in [0.5, 0.6) is 0 Å². The van der Waals surface area contributed by atoms with Gasteiger partial charge in [0.05, 0.1) is 6.61 Å². The molecule has 2 aliphatic rings. The highest BCUT2D eigenvalue weighted by molar-refractivity contribution is 6.44. The van der Waals surface area contributed by atoms with Gasteiger partial charge in [-0.25, -0.2) is 4.79 Å². The van der Waals surface area contributed by atoms with Gasteiger partial charge in [0, 0.05) is 0 Å². The third kappa shape index (κ3) is 2.15. The molecule has 94 valence electrons. The van der Waals surface area contributed by atoms with Crippen molar-refractivity contribution in [2.45, 2.75) is 40.7 Å². The van der Waals surface area contributed by atoms with Gasteiger partial charge in [-0.05, 0) is 38.0 Å². The Labute approximate surface area is 103 Å².